The van der Waals surface area contributed by atoms with Crippen molar-refractivity contribution in [1.82, 2.24) is 5.32 Å². The molecule has 6 nitrogen and oxygen atoms in total. The maximum absolute atomic E-state index is 12.0. The van der Waals surface area contributed by atoms with Crippen LogP contribution in [0, 0.1) is 6.92 Å². The number of para-hydroxylation sites is 1. The first-order valence-electron chi connectivity index (χ1n) is 9.17. The zero-order valence-electron chi connectivity index (χ0n) is 16.1. The van der Waals surface area contributed by atoms with E-state index < -0.39 is 0 Å². The van der Waals surface area contributed by atoms with Crippen LogP contribution >= 0.6 is 0 Å². The van der Waals surface area contributed by atoms with Crippen molar-refractivity contribution in [3.8, 4) is 17.2 Å². The number of rotatable bonds is 8. The standard InChI is InChI=1S/C23H22N2O4/c1-17-6-5-9-21(14-17)29-20-12-10-18(11-13-20)25-22(26)15-24-23(27)16-28-19-7-3-2-4-8-19/h2-14H,15-16H2,1H3,(H,24,27)(H,25,26). The van der Waals surface area contributed by atoms with E-state index in [0.717, 1.165) is 11.3 Å². The molecule has 0 heterocycles. The summed E-state index contributed by atoms with van der Waals surface area (Å²) in [6.07, 6.45) is 0. The Hall–Kier alpha value is -3.80. The van der Waals surface area contributed by atoms with Crippen molar-refractivity contribution in [2.45, 2.75) is 6.92 Å². The number of carbonyl (C=O) groups excluding carboxylic acids is 2. The first kappa shape index (κ1) is 19.9. The van der Waals surface area contributed by atoms with Crippen molar-refractivity contribution in [3.05, 3.63) is 84.4 Å². The summed E-state index contributed by atoms with van der Waals surface area (Å²) in [6, 6.07) is 23.8. The van der Waals surface area contributed by atoms with Gasteiger partial charge in [0.25, 0.3) is 5.91 Å². The van der Waals surface area contributed by atoms with Gasteiger partial charge in [-0.3, -0.25) is 9.59 Å². The van der Waals surface area contributed by atoms with Crippen LogP contribution in [0.4, 0.5) is 5.69 Å². The Morgan fingerprint density at radius 3 is 2.24 bits per heavy atom. The minimum atomic E-state index is -0.370. The summed E-state index contributed by atoms with van der Waals surface area (Å²) in [5.41, 5.74) is 1.73. The molecule has 3 aromatic rings. The Morgan fingerprint density at radius 1 is 0.793 bits per heavy atom. The molecular weight excluding hydrogens is 368 g/mol. The summed E-state index contributed by atoms with van der Waals surface area (Å²) in [4.78, 5) is 23.8. The molecule has 0 fully saturated rings. The number of ether oxygens (including phenoxy) is 2. The molecule has 0 saturated heterocycles. The highest BCUT2D eigenvalue weighted by Crippen LogP contribution is 2.23. The molecule has 2 amide bonds. The third-order valence-corrected chi connectivity index (χ3v) is 3.92. The second kappa shape index (κ2) is 9.94. The van der Waals surface area contributed by atoms with Crippen LogP contribution in [-0.2, 0) is 9.59 Å². The van der Waals surface area contributed by atoms with E-state index in [0.29, 0.717) is 17.2 Å². The molecular formula is C23H22N2O4. The van der Waals surface area contributed by atoms with Crippen molar-refractivity contribution < 1.29 is 19.1 Å². The summed E-state index contributed by atoms with van der Waals surface area (Å²) >= 11 is 0. The Labute approximate surface area is 169 Å². The zero-order chi connectivity index (χ0) is 20.5. The lowest BCUT2D eigenvalue weighted by Gasteiger charge is -2.10. The molecule has 2 N–H and O–H groups in total. The molecule has 0 unspecified atom stereocenters. The van der Waals surface area contributed by atoms with Gasteiger partial charge in [0.2, 0.25) is 5.91 Å². The smallest absolute Gasteiger partial charge is 0.258 e. The molecule has 0 bridgehead atoms. The molecule has 29 heavy (non-hydrogen) atoms. The minimum absolute atomic E-state index is 0.140. The summed E-state index contributed by atoms with van der Waals surface area (Å²) in [6.45, 7) is 1.71. The normalized spacial score (nSPS) is 10.1. The van der Waals surface area contributed by atoms with Gasteiger partial charge in [0.05, 0.1) is 6.54 Å². The highest BCUT2D eigenvalue weighted by Gasteiger charge is 2.07. The molecule has 0 atom stereocenters. The van der Waals surface area contributed by atoms with Gasteiger partial charge in [0.1, 0.15) is 17.2 Å². The van der Waals surface area contributed by atoms with Crippen molar-refractivity contribution in [2.24, 2.45) is 0 Å². The summed E-state index contributed by atoms with van der Waals surface area (Å²) in [5.74, 6) is 1.32. The summed E-state index contributed by atoms with van der Waals surface area (Å²) in [5, 5.41) is 5.24. The second-order valence-corrected chi connectivity index (χ2v) is 6.37. The van der Waals surface area contributed by atoms with Crippen LogP contribution in [0.5, 0.6) is 17.2 Å². The van der Waals surface area contributed by atoms with E-state index in [9.17, 15) is 9.59 Å². The van der Waals surface area contributed by atoms with Crippen LogP contribution in [0.15, 0.2) is 78.9 Å². The molecule has 3 aromatic carbocycles. The average molecular weight is 390 g/mol. The Bertz CT molecular complexity index is 956. The fourth-order valence-electron chi connectivity index (χ4n) is 2.52. The molecule has 148 valence electrons. The number of hydrogen-bond donors (Lipinski definition) is 2. The molecule has 0 aliphatic carbocycles. The number of aryl methyl sites for hydroxylation is 1. The summed E-state index contributed by atoms with van der Waals surface area (Å²) in [7, 11) is 0. The Kier molecular flexibility index (Phi) is 6.84. The number of anilines is 1. The van der Waals surface area contributed by atoms with E-state index in [-0.39, 0.29) is 25.0 Å². The predicted octanol–water partition coefficient (Wildman–Crippen LogP) is 3.92. The van der Waals surface area contributed by atoms with Gasteiger partial charge in [-0.25, -0.2) is 0 Å². The van der Waals surface area contributed by atoms with Crippen LogP contribution in [-0.4, -0.2) is 25.0 Å². The van der Waals surface area contributed by atoms with Gasteiger partial charge < -0.3 is 20.1 Å². The van der Waals surface area contributed by atoms with Crippen molar-refractivity contribution in [2.75, 3.05) is 18.5 Å². The monoisotopic (exact) mass is 390 g/mol. The SMILES string of the molecule is Cc1cccc(Oc2ccc(NC(=O)CNC(=O)COc3ccccc3)cc2)c1. The topological polar surface area (TPSA) is 76.7 Å². The van der Waals surface area contributed by atoms with E-state index in [2.05, 4.69) is 10.6 Å². The molecule has 0 aliphatic rings. The fraction of sp³-hybridized carbons (Fsp3) is 0.130. The predicted molar refractivity (Wildman–Crippen MR) is 111 cm³/mol. The van der Waals surface area contributed by atoms with Gasteiger partial charge in [-0.15, -0.1) is 0 Å². The van der Waals surface area contributed by atoms with E-state index >= 15 is 0 Å². The summed E-state index contributed by atoms with van der Waals surface area (Å²) < 4.78 is 11.1. The largest absolute Gasteiger partial charge is 0.484 e. The van der Waals surface area contributed by atoms with Crippen LogP contribution < -0.4 is 20.1 Å². The third-order valence-electron chi connectivity index (χ3n) is 3.92. The molecule has 0 saturated carbocycles. The van der Waals surface area contributed by atoms with Crippen LogP contribution in [0.2, 0.25) is 0 Å². The highest BCUT2D eigenvalue weighted by molar-refractivity contribution is 5.94. The number of benzene rings is 3. The van der Waals surface area contributed by atoms with E-state index in [1.807, 2.05) is 49.4 Å². The van der Waals surface area contributed by atoms with E-state index in [1.54, 1.807) is 36.4 Å². The van der Waals surface area contributed by atoms with Crippen LogP contribution in [0.25, 0.3) is 0 Å². The van der Waals surface area contributed by atoms with Crippen molar-refractivity contribution in [3.63, 3.8) is 0 Å². The minimum Gasteiger partial charge on any atom is -0.484 e. The van der Waals surface area contributed by atoms with Crippen molar-refractivity contribution in [1.29, 1.82) is 0 Å². The maximum atomic E-state index is 12.0. The van der Waals surface area contributed by atoms with Gasteiger partial charge in [-0.1, -0.05) is 30.3 Å². The lowest BCUT2D eigenvalue weighted by Crippen LogP contribution is -2.35. The van der Waals surface area contributed by atoms with Gasteiger partial charge in [-0.2, -0.15) is 0 Å². The molecule has 0 aliphatic heterocycles. The van der Waals surface area contributed by atoms with Gasteiger partial charge in [0.15, 0.2) is 6.61 Å². The maximum Gasteiger partial charge on any atom is 0.258 e. The number of carbonyl (C=O) groups is 2. The number of nitrogens with one attached hydrogen (secondary N) is 2. The van der Waals surface area contributed by atoms with E-state index in [4.69, 9.17) is 9.47 Å². The highest BCUT2D eigenvalue weighted by atomic mass is 16.5. The quantitative estimate of drug-likeness (QED) is 0.611. The Morgan fingerprint density at radius 2 is 1.52 bits per heavy atom. The van der Waals surface area contributed by atoms with Gasteiger partial charge in [0, 0.05) is 5.69 Å². The molecule has 0 spiro atoms. The second-order valence-electron chi connectivity index (χ2n) is 6.37. The Balaban J connectivity index is 1.41. The lowest BCUT2D eigenvalue weighted by atomic mass is 10.2. The third kappa shape index (κ3) is 6.70. The first-order valence-corrected chi connectivity index (χ1v) is 9.17. The number of hydrogen-bond acceptors (Lipinski definition) is 4. The van der Waals surface area contributed by atoms with Crippen LogP contribution in [0.3, 0.4) is 0 Å². The average Bonchev–Trinajstić information content (AvgIpc) is 2.73. The van der Waals surface area contributed by atoms with Crippen molar-refractivity contribution >= 4 is 17.5 Å². The molecule has 3 rings (SSSR count). The van der Waals surface area contributed by atoms with Gasteiger partial charge >= 0.3 is 0 Å². The first-order chi connectivity index (χ1) is 14.1. The van der Waals surface area contributed by atoms with E-state index in [1.165, 1.54) is 0 Å². The van der Waals surface area contributed by atoms with Gasteiger partial charge in [-0.05, 0) is 61.0 Å². The number of amides is 2. The lowest BCUT2D eigenvalue weighted by molar-refractivity contribution is -0.125. The zero-order valence-corrected chi connectivity index (χ0v) is 16.1. The molecule has 0 aromatic heterocycles. The van der Waals surface area contributed by atoms with Crippen LogP contribution in [0.1, 0.15) is 5.56 Å². The molecule has 6 heteroatoms. The fourth-order valence-corrected chi connectivity index (χ4v) is 2.52. The molecule has 0 radical (unpaired) electrons.